The van der Waals surface area contributed by atoms with Gasteiger partial charge in [0, 0.05) is 55.5 Å². The molecule has 1 aromatic carbocycles. The molecule has 1 aliphatic carbocycles. The first-order valence-electron chi connectivity index (χ1n) is 11.6. The molecule has 1 aliphatic heterocycles. The first-order chi connectivity index (χ1) is 16.3. The molecule has 9 nitrogen and oxygen atoms in total. The number of hydrogen-bond acceptors (Lipinski definition) is 8. The summed E-state index contributed by atoms with van der Waals surface area (Å²) in [7, 11) is 0. The van der Waals surface area contributed by atoms with Crippen LogP contribution in [0.4, 0.5) is 11.5 Å². The number of nitrogens with one attached hydrogen (secondary N) is 1. The van der Waals surface area contributed by atoms with Crippen LogP contribution in [0.25, 0.3) is 16.7 Å². The Balaban J connectivity index is 1.14. The third kappa shape index (κ3) is 4.28. The molecule has 0 atom stereocenters. The number of ether oxygens (including phenoxy) is 2. The number of nitrogens with zero attached hydrogens (tertiary/aromatic N) is 6. The summed E-state index contributed by atoms with van der Waals surface area (Å²) in [5.74, 6) is 1.72. The zero-order valence-electron chi connectivity index (χ0n) is 18.4. The maximum absolute atomic E-state index is 6.53. The van der Waals surface area contributed by atoms with Crippen LogP contribution in [0.5, 0.6) is 5.75 Å². The molecule has 1 saturated heterocycles. The first kappa shape index (κ1) is 20.2. The van der Waals surface area contributed by atoms with Crippen molar-refractivity contribution >= 4 is 28.2 Å². The van der Waals surface area contributed by atoms with Crippen molar-refractivity contribution in [1.82, 2.24) is 24.6 Å². The van der Waals surface area contributed by atoms with Crippen molar-refractivity contribution in [2.75, 3.05) is 36.5 Å². The van der Waals surface area contributed by atoms with Crippen LogP contribution in [-0.2, 0) is 4.74 Å². The van der Waals surface area contributed by atoms with Gasteiger partial charge in [0.15, 0.2) is 5.65 Å². The molecule has 0 unspecified atom stereocenters. The fourth-order valence-corrected chi connectivity index (χ4v) is 4.73. The minimum atomic E-state index is 0.165. The van der Waals surface area contributed by atoms with E-state index in [2.05, 4.69) is 42.4 Å². The molecule has 2 fully saturated rings. The number of fused-ring (bicyclic) bond motifs is 2. The van der Waals surface area contributed by atoms with E-state index in [0.29, 0.717) is 6.04 Å². The van der Waals surface area contributed by atoms with Crippen molar-refractivity contribution < 1.29 is 9.47 Å². The molecule has 1 saturated carbocycles. The van der Waals surface area contributed by atoms with Gasteiger partial charge in [-0.05, 0) is 37.8 Å². The summed E-state index contributed by atoms with van der Waals surface area (Å²) in [6, 6.07) is 8.50. The molecule has 4 heterocycles. The van der Waals surface area contributed by atoms with Gasteiger partial charge in [0.05, 0.1) is 31.0 Å². The Kier molecular flexibility index (Phi) is 5.39. The van der Waals surface area contributed by atoms with Gasteiger partial charge >= 0.3 is 0 Å². The number of anilines is 2. The van der Waals surface area contributed by atoms with E-state index >= 15 is 0 Å². The highest BCUT2D eigenvalue weighted by atomic mass is 16.5. The van der Waals surface area contributed by atoms with Gasteiger partial charge in [-0.1, -0.05) is 0 Å². The van der Waals surface area contributed by atoms with Gasteiger partial charge in [0.1, 0.15) is 17.1 Å². The largest absolute Gasteiger partial charge is 0.488 e. The highest BCUT2D eigenvalue weighted by molar-refractivity contribution is 5.85. The highest BCUT2D eigenvalue weighted by Crippen LogP contribution is 2.33. The van der Waals surface area contributed by atoms with Crippen LogP contribution in [0.3, 0.4) is 0 Å². The Morgan fingerprint density at radius 3 is 2.70 bits per heavy atom. The van der Waals surface area contributed by atoms with E-state index in [1.54, 1.807) is 23.1 Å². The number of aromatic nitrogens is 5. The lowest BCUT2D eigenvalue weighted by atomic mass is 9.93. The summed E-state index contributed by atoms with van der Waals surface area (Å²) in [4.78, 5) is 16.1. The summed E-state index contributed by atoms with van der Waals surface area (Å²) in [5.41, 5.74) is 3.67. The van der Waals surface area contributed by atoms with E-state index in [-0.39, 0.29) is 6.10 Å². The molecule has 0 amide bonds. The van der Waals surface area contributed by atoms with Crippen LogP contribution in [0.2, 0.25) is 0 Å². The predicted molar refractivity (Wildman–Crippen MR) is 126 cm³/mol. The van der Waals surface area contributed by atoms with Crippen LogP contribution in [0, 0.1) is 0 Å². The molecule has 33 heavy (non-hydrogen) atoms. The average Bonchev–Trinajstić information content (AvgIpc) is 3.34. The highest BCUT2D eigenvalue weighted by Gasteiger charge is 2.24. The molecular weight excluding hydrogens is 418 g/mol. The van der Waals surface area contributed by atoms with Gasteiger partial charge in [-0.3, -0.25) is 4.98 Å². The topological polar surface area (TPSA) is 89.7 Å². The van der Waals surface area contributed by atoms with Gasteiger partial charge in [0.25, 0.3) is 0 Å². The molecule has 0 radical (unpaired) electrons. The zero-order chi connectivity index (χ0) is 22.0. The molecule has 170 valence electrons. The van der Waals surface area contributed by atoms with E-state index in [0.717, 1.165) is 85.9 Å². The quantitative estimate of drug-likeness (QED) is 0.500. The number of benzene rings is 1. The van der Waals surface area contributed by atoms with Crippen molar-refractivity contribution in [3.8, 4) is 5.75 Å². The standard InChI is InChI=1S/C24H27N7O2/c1-3-19(4-2-17(1)28-22-6-10-31-23(29-22)5-7-27-31)33-21-16-18(30-11-13-32-14-12-30)15-20-24(21)26-9-8-25-20/h5-10,15-17,19H,1-4,11-14H2,(H,28,29). The summed E-state index contributed by atoms with van der Waals surface area (Å²) >= 11 is 0. The van der Waals surface area contributed by atoms with Gasteiger partial charge in [-0.25, -0.2) is 14.5 Å². The third-order valence-electron chi connectivity index (χ3n) is 6.48. The normalized spacial score (nSPS) is 21.4. The van der Waals surface area contributed by atoms with E-state index in [9.17, 15) is 0 Å². The molecular formula is C24H27N7O2. The fraction of sp³-hybridized carbons (Fsp3) is 0.417. The number of morpholine rings is 1. The Morgan fingerprint density at radius 2 is 1.82 bits per heavy atom. The van der Waals surface area contributed by atoms with E-state index in [1.165, 1.54) is 0 Å². The second-order valence-corrected chi connectivity index (χ2v) is 8.65. The van der Waals surface area contributed by atoms with Gasteiger partial charge < -0.3 is 19.7 Å². The molecule has 9 heteroatoms. The Hall–Kier alpha value is -3.46. The van der Waals surface area contributed by atoms with Crippen molar-refractivity contribution in [3.05, 3.63) is 49.1 Å². The lowest BCUT2D eigenvalue weighted by Gasteiger charge is -2.31. The zero-order valence-corrected chi connectivity index (χ0v) is 18.4. The van der Waals surface area contributed by atoms with Crippen LogP contribution < -0.4 is 15.0 Å². The van der Waals surface area contributed by atoms with Crippen molar-refractivity contribution in [2.45, 2.75) is 37.8 Å². The third-order valence-corrected chi connectivity index (χ3v) is 6.48. The first-order valence-corrected chi connectivity index (χ1v) is 11.6. The van der Waals surface area contributed by atoms with E-state index < -0.39 is 0 Å². The lowest BCUT2D eigenvalue weighted by Crippen LogP contribution is -2.36. The van der Waals surface area contributed by atoms with Crippen LogP contribution in [0.1, 0.15) is 25.7 Å². The van der Waals surface area contributed by atoms with Crippen LogP contribution in [-0.4, -0.2) is 63.0 Å². The fourth-order valence-electron chi connectivity index (χ4n) is 4.73. The average molecular weight is 446 g/mol. The second-order valence-electron chi connectivity index (χ2n) is 8.65. The van der Waals surface area contributed by atoms with Crippen molar-refractivity contribution in [2.24, 2.45) is 0 Å². The lowest BCUT2D eigenvalue weighted by molar-refractivity contribution is 0.122. The minimum Gasteiger partial charge on any atom is -0.488 e. The molecule has 3 aromatic heterocycles. The number of rotatable bonds is 5. The minimum absolute atomic E-state index is 0.165. The molecule has 1 N–H and O–H groups in total. The maximum atomic E-state index is 6.53. The van der Waals surface area contributed by atoms with E-state index in [4.69, 9.17) is 9.47 Å². The Morgan fingerprint density at radius 1 is 0.970 bits per heavy atom. The van der Waals surface area contributed by atoms with Gasteiger partial charge in [0.2, 0.25) is 0 Å². The van der Waals surface area contributed by atoms with Crippen LogP contribution >= 0.6 is 0 Å². The maximum Gasteiger partial charge on any atom is 0.157 e. The summed E-state index contributed by atoms with van der Waals surface area (Å²) in [6.45, 7) is 3.24. The molecule has 2 aliphatic rings. The summed E-state index contributed by atoms with van der Waals surface area (Å²) in [5, 5.41) is 7.79. The molecule has 6 rings (SSSR count). The molecule has 4 aromatic rings. The van der Waals surface area contributed by atoms with Gasteiger partial charge in [-0.15, -0.1) is 0 Å². The predicted octanol–water partition coefficient (Wildman–Crippen LogP) is 3.31. The monoisotopic (exact) mass is 445 g/mol. The van der Waals surface area contributed by atoms with Crippen LogP contribution in [0.15, 0.2) is 49.1 Å². The molecule has 0 spiro atoms. The Labute approximate surface area is 191 Å². The smallest absolute Gasteiger partial charge is 0.157 e. The summed E-state index contributed by atoms with van der Waals surface area (Å²) < 4.78 is 13.8. The van der Waals surface area contributed by atoms with Crippen molar-refractivity contribution in [3.63, 3.8) is 0 Å². The SMILES string of the molecule is c1cnc2c(OC3CCC(Nc4ccn5nccc5n4)CC3)cc(N3CCOCC3)cc2n1. The number of hydrogen-bond donors (Lipinski definition) is 1. The Bertz CT molecular complexity index is 1250. The summed E-state index contributed by atoms with van der Waals surface area (Å²) in [6.07, 6.45) is 11.4. The van der Waals surface area contributed by atoms with Crippen molar-refractivity contribution in [1.29, 1.82) is 0 Å². The second kappa shape index (κ2) is 8.82. The molecule has 0 bridgehead atoms. The van der Waals surface area contributed by atoms with E-state index in [1.807, 2.05) is 18.3 Å². The van der Waals surface area contributed by atoms with Gasteiger partial charge in [-0.2, -0.15) is 5.10 Å².